The SMILES string of the molecule is CCCCCN(C)c1cc(=O)[nH]cn1. The number of unbranched alkanes of at least 4 members (excludes halogenated alkanes) is 2. The first kappa shape index (κ1) is 10.8. The number of hydrogen-bond donors (Lipinski definition) is 1. The third kappa shape index (κ3) is 3.20. The lowest BCUT2D eigenvalue weighted by Gasteiger charge is -2.16. The minimum absolute atomic E-state index is 0.0997. The van der Waals surface area contributed by atoms with Gasteiger partial charge in [-0.25, -0.2) is 4.98 Å². The highest BCUT2D eigenvalue weighted by molar-refractivity contribution is 5.34. The Morgan fingerprint density at radius 3 is 2.93 bits per heavy atom. The van der Waals surface area contributed by atoms with Gasteiger partial charge in [-0.15, -0.1) is 0 Å². The second kappa shape index (κ2) is 5.42. The molecule has 0 aliphatic rings. The number of nitrogens with one attached hydrogen (secondary N) is 1. The van der Waals surface area contributed by atoms with Crippen molar-refractivity contribution in [1.29, 1.82) is 0 Å². The summed E-state index contributed by atoms with van der Waals surface area (Å²) in [6.07, 6.45) is 5.00. The molecule has 0 bridgehead atoms. The maximum Gasteiger partial charge on any atom is 0.252 e. The van der Waals surface area contributed by atoms with Crippen molar-refractivity contribution in [2.75, 3.05) is 18.5 Å². The molecule has 1 aromatic heterocycles. The highest BCUT2D eigenvalue weighted by Gasteiger charge is 2.01. The Bertz CT molecular complexity index is 321. The molecule has 14 heavy (non-hydrogen) atoms. The number of H-pyrrole nitrogens is 1. The first-order valence-electron chi connectivity index (χ1n) is 5.00. The van der Waals surface area contributed by atoms with Gasteiger partial charge in [0, 0.05) is 19.7 Å². The molecular weight excluding hydrogens is 178 g/mol. The molecule has 0 radical (unpaired) electrons. The molecule has 0 aliphatic heterocycles. The quantitative estimate of drug-likeness (QED) is 0.722. The third-order valence-corrected chi connectivity index (χ3v) is 2.15. The number of anilines is 1. The fourth-order valence-electron chi connectivity index (χ4n) is 1.28. The van der Waals surface area contributed by atoms with Gasteiger partial charge >= 0.3 is 0 Å². The normalized spacial score (nSPS) is 10.1. The molecular formula is C10H17N3O. The van der Waals surface area contributed by atoms with Crippen LogP contribution in [0.15, 0.2) is 17.2 Å². The van der Waals surface area contributed by atoms with Crippen LogP contribution >= 0.6 is 0 Å². The molecule has 1 heterocycles. The van der Waals surface area contributed by atoms with E-state index in [0.717, 1.165) is 18.8 Å². The predicted octanol–water partition coefficient (Wildman–Crippen LogP) is 1.40. The van der Waals surface area contributed by atoms with E-state index in [1.807, 2.05) is 11.9 Å². The van der Waals surface area contributed by atoms with E-state index in [0.29, 0.717) is 0 Å². The Morgan fingerprint density at radius 2 is 2.29 bits per heavy atom. The van der Waals surface area contributed by atoms with Crippen molar-refractivity contribution in [3.05, 3.63) is 22.7 Å². The summed E-state index contributed by atoms with van der Waals surface area (Å²) in [5.74, 6) is 0.741. The van der Waals surface area contributed by atoms with E-state index in [9.17, 15) is 4.79 Å². The monoisotopic (exact) mass is 195 g/mol. The minimum Gasteiger partial charge on any atom is -0.359 e. The van der Waals surface area contributed by atoms with E-state index in [2.05, 4.69) is 16.9 Å². The Kier molecular flexibility index (Phi) is 4.16. The van der Waals surface area contributed by atoms with Gasteiger partial charge in [0.2, 0.25) is 0 Å². The van der Waals surface area contributed by atoms with Crippen molar-refractivity contribution in [1.82, 2.24) is 9.97 Å². The molecule has 4 nitrogen and oxygen atoms in total. The number of nitrogens with zero attached hydrogens (tertiary/aromatic N) is 2. The van der Waals surface area contributed by atoms with Crippen LogP contribution in [0.25, 0.3) is 0 Å². The summed E-state index contributed by atoms with van der Waals surface area (Å²) < 4.78 is 0. The van der Waals surface area contributed by atoms with Crippen molar-refractivity contribution >= 4 is 5.82 Å². The second-order valence-electron chi connectivity index (χ2n) is 3.40. The first-order valence-corrected chi connectivity index (χ1v) is 5.00. The zero-order valence-electron chi connectivity index (χ0n) is 8.79. The van der Waals surface area contributed by atoms with Crippen LogP contribution in [0.3, 0.4) is 0 Å². The van der Waals surface area contributed by atoms with Crippen LogP contribution in [-0.4, -0.2) is 23.6 Å². The second-order valence-corrected chi connectivity index (χ2v) is 3.40. The molecule has 1 rings (SSSR count). The number of aromatic amines is 1. The summed E-state index contributed by atoms with van der Waals surface area (Å²) in [4.78, 5) is 19.6. The molecule has 1 aromatic rings. The van der Waals surface area contributed by atoms with Crippen molar-refractivity contribution < 1.29 is 0 Å². The summed E-state index contributed by atoms with van der Waals surface area (Å²) in [5, 5.41) is 0. The lowest BCUT2D eigenvalue weighted by Crippen LogP contribution is -2.21. The molecule has 78 valence electrons. The summed E-state index contributed by atoms with van der Waals surface area (Å²) >= 11 is 0. The molecule has 0 saturated heterocycles. The van der Waals surface area contributed by atoms with Gasteiger partial charge in [0.1, 0.15) is 5.82 Å². The summed E-state index contributed by atoms with van der Waals surface area (Å²) in [7, 11) is 1.96. The van der Waals surface area contributed by atoms with Crippen molar-refractivity contribution in [2.45, 2.75) is 26.2 Å². The van der Waals surface area contributed by atoms with Crippen molar-refractivity contribution in [3.63, 3.8) is 0 Å². The minimum atomic E-state index is -0.0997. The fraction of sp³-hybridized carbons (Fsp3) is 0.600. The zero-order valence-corrected chi connectivity index (χ0v) is 8.79. The van der Waals surface area contributed by atoms with Gasteiger partial charge in [0.25, 0.3) is 5.56 Å². The van der Waals surface area contributed by atoms with Gasteiger partial charge in [0.05, 0.1) is 6.33 Å². The van der Waals surface area contributed by atoms with Crippen LogP contribution in [-0.2, 0) is 0 Å². The summed E-state index contributed by atoms with van der Waals surface area (Å²) in [5.41, 5.74) is -0.0997. The number of aromatic nitrogens is 2. The fourth-order valence-corrected chi connectivity index (χ4v) is 1.28. The van der Waals surface area contributed by atoms with Crippen LogP contribution in [0.1, 0.15) is 26.2 Å². The van der Waals surface area contributed by atoms with Crippen LogP contribution in [0.5, 0.6) is 0 Å². The van der Waals surface area contributed by atoms with Gasteiger partial charge in [-0.1, -0.05) is 19.8 Å². The van der Waals surface area contributed by atoms with Gasteiger partial charge in [0.15, 0.2) is 0 Å². The molecule has 0 saturated carbocycles. The predicted molar refractivity (Wildman–Crippen MR) is 57.7 cm³/mol. The van der Waals surface area contributed by atoms with Crippen LogP contribution in [0, 0.1) is 0 Å². The average Bonchev–Trinajstić information content (AvgIpc) is 2.18. The maximum absolute atomic E-state index is 11.0. The molecule has 0 aromatic carbocycles. The maximum atomic E-state index is 11.0. The molecule has 1 N–H and O–H groups in total. The van der Waals surface area contributed by atoms with E-state index >= 15 is 0 Å². The highest BCUT2D eigenvalue weighted by Crippen LogP contribution is 2.05. The van der Waals surface area contributed by atoms with Crippen LogP contribution in [0.2, 0.25) is 0 Å². The lowest BCUT2D eigenvalue weighted by atomic mass is 10.2. The van der Waals surface area contributed by atoms with E-state index in [1.54, 1.807) is 0 Å². The Labute approximate surface area is 84.0 Å². The molecule has 0 atom stereocenters. The Balaban J connectivity index is 2.51. The zero-order chi connectivity index (χ0) is 10.4. The highest BCUT2D eigenvalue weighted by atomic mass is 16.1. The van der Waals surface area contributed by atoms with Gasteiger partial charge < -0.3 is 9.88 Å². The van der Waals surface area contributed by atoms with E-state index in [4.69, 9.17) is 0 Å². The van der Waals surface area contributed by atoms with Gasteiger partial charge in [-0.2, -0.15) is 0 Å². The van der Waals surface area contributed by atoms with Gasteiger partial charge in [-0.05, 0) is 6.42 Å². The Hall–Kier alpha value is -1.32. The first-order chi connectivity index (χ1) is 6.74. The largest absolute Gasteiger partial charge is 0.359 e. The van der Waals surface area contributed by atoms with Gasteiger partial charge in [-0.3, -0.25) is 4.79 Å². The molecule has 0 spiro atoms. The average molecular weight is 195 g/mol. The summed E-state index contributed by atoms with van der Waals surface area (Å²) in [6.45, 7) is 3.12. The molecule has 0 fully saturated rings. The molecule has 0 amide bonds. The van der Waals surface area contributed by atoms with Crippen LogP contribution < -0.4 is 10.5 Å². The van der Waals surface area contributed by atoms with E-state index in [1.165, 1.54) is 25.2 Å². The van der Waals surface area contributed by atoms with Crippen LogP contribution in [0.4, 0.5) is 5.82 Å². The van der Waals surface area contributed by atoms with E-state index < -0.39 is 0 Å². The molecule has 0 unspecified atom stereocenters. The number of rotatable bonds is 5. The van der Waals surface area contributed by atoms with Crippen molar-refractivity contribution in [3.8, 4) is 0 Å². The smallest absolute Gasteiger partial charge is 0.252 e. The topological polar surface area (TPSA) is 49.0 Å². The standard InChI is InChI=1S/C10H17N3O/c1-3-4-5-6-13(2)9-7-10(14)12-8-11-9/h7-8H,3-6H2,1-2H3,(H,11,12,14). The lowest BCUT2D eigenvalue weighted by molar-refractivity contribution is 0.700. The number of hydrogen-bond acceptors (Lipinski definition) is 3. The third-order valence-electron chi connectivity index (χ3n) is 2.15. The van der Waals surface area contributed by atoms with Crippen molar-refractivity contribution in [2.24, 2.45) is 0 Å². The molecule has 0 aliphatic carbocycles. The van der Waals surface area contributed by atoms with E-state index in [-0.39, 0.29) is 5.56 Å². The Morgan fingerprint density at radius 1 is 1.50 bits per heavy atom. The molecule has 4 heteroatoms. The summed E-state index contributed by atoms with van der Waals surface area (Å²) in [6, 6.07) is 1.52.